The minimum Gasteiger partial charge on any atom is -0.618 e. The molecular weight excluding hydrogens is 292 g/mol. The molecule has 1 fully saturated rings. The van der Waals surface area contributed by atoms with Crippen LogP contribution in [-0.4, -0.2) is 28.0 Å². The molecule has 2 rings (SSSR count). The summed E-state index contributed by atoms with van der Waals surface area (Å²) in [5.41, 5.74) is -0.726. The van der Waals surface area contributed by atoms with Crippen molar-refractivity contribution in [3.63, 3.8) is 0 Å². The van der Waals surface area contributed by atoms with E-state index >= 15 is 0 Å². The van der Waals surface area contributed by atoms with E-state index in [0.29, 0.717) is 23.3 Å². The lowest BCUT2D eigenvalue weighted by molar-refractivity contribution is -0.626. The summed E-state index contributed by atoms with van der Waals surface area (Å²) in [5, 5.41) is 23.6. The second-order valence-electron chi connectivity index (χ2n) is 7.08. The zero-order valence-corrected chi connectivity index (χ0v) is 14.6. The van der Waals surface area contributed by atoms with Crippen LogP contribution in [-0.2, 0) is 5.60 Å². The van der Waals surface area contributed by atoms with Crippen molar-refractivity contribution < 1.29 is 14.6 Å². The van der Waals surface area contributed by atoms with E-state index in [-0.39, 0.29) is 23.7 Å². The van der Waals surface area contributed by atoms with Crippen LogP contribution in [0.4, 0.5) is 0 Å². The van der Waals surface area contributed by atoms with Gasteiger partial charge in [-0.1, -0.05) is 6.42 Å². The number of carbonyl (C=O) groups is 1. The highest BCUT2D eigenvalue weighted by molar-refractivity contribution is 5.91. The Morgan fingerprint density at radius 2 is 1.74 bits per heavy atom. The lowest BCUT2D eigenvalue weighted by Crippen LogP contribution is -2.51. The normalized spacial score (nSPS) is 17.5. The molecule has 1 aliphatic rings. The van der Waals surface area contributed by atoms with Crippen LogP contribution in [0.3, 0.4) is 0 Å². The fourth-order valence-corrected chi connectivity index (χ4v) is 3.59. The summed E-state index contributed by atoms with van der Waals surface area (Å²) in [6.07, 6.45) is 4.03. The molecule has 0 radical (unpaired) electrons. The lowest BCUT2D eigenvalue weighted by Gasteiger charge is -2.32. The van der Waals surface area contributed by atoms with Crippen LogP contribution in [0.5, 0.6) is 0 Å². The number of carbonyl (C=O) groups excluding carboxylic acids is 1. The van der Waals surface area contributed by atoms with Crippen molar-refractivity contribution in [3.05, 3.63) is 34.8 Å². The maximum absolute atomic E-state index is 12.8. The third kappa shape index (κ3) is 3.50. The Labute approximate surface area is 138 Å². The van der Waals surface area contributed by atoms with Gasteiger partial charge in [0.2, 0.25) is 5.69 Å². The van der Waals surface area contributed by atoms with Crippen LogP contribution >= 0.6 is 0 Å². The Bertz CT molecular complexity index is 555. The monoisotopic (exact) mass is 320 g/mol. The minimum absolute atomic E-state index is 0.00363. The zero-order valence-electron chi connectivity index (χ0n) is 14.6. The Hall–Kier alpha value is -1.62. The molecule has 1 aromatic heterocycles. The van der Waals surface area contributed by atoms with E-state index < -0.39 is 5.60 Å². The summed E-state index contributed by atoms with van der Waals surface area (Å²) < 4.78 is 0.644. The molecule has 0 saturated heterocycles. The summed E-state index contributed by atoms with van der Waals surface area (Å²) >= 11 is 0. The molecule has 1 N–H and O–H groups in total. The van der Waals surface area contributed by atoms with Crippen LogP contribution in [0.25, 0.3) is 0 Å². The fourth-order valence-electron chi connectivity index (χ4n) is 3.59. The average Bonchev–Trinajstić information content (AvgIpc) is 2.47. The van der Waals surface area contributed by atoms with Gasteiger partial charge in [-0.15, -0.1) is 0 Å². The molecule has 0 atom stereocenters. The summed E-state index contributed by atoms with van der Waals surface area (Å²) in [6, 6.07) is 4.89. The van der Waals surface area contributed by atoms with Gasteiger partial charge >= 0.3 is 5.91 Å². The van der Waals surface area contributed by atoms with Gasteiger partial charge in [0.1, 0.15) is 5.60 Å². The van der Waals surface area contributed by atoms with Crippen molar-refractivity contribution in [1.29, 1.82) is 0 Å². The minimum atomic E-state index is -1.11. The van der Waals surface area contributed by atoms with Crippen molar-refractivity contribution in [2.45, 2.75) is 77.5 Å². The molecule has 5 heteroatoms. The zero-order chi connectivity index (χ0) is 17.2. The number of hydrogen-bond donors (Lipinski definition) is 1. The van der Waals surface area contributed by atoms with Crippen LogP contribution in [0.1, 0.15) is 76.0 Å². The van der Waals surface area contributed by atoms with Crippen molar-refractivity contribution in [2.24, 2.45) is 0 Å². The highest BCUT2D eigenvalue weighted by Gasteiger charge is 2.39. The molecule has 0 aliphatic heterocycles. The molecule has 128 valence electrons. The molecular formula is C18H28N2O3. The number of nitrogens with zero attached hydrogens (tertiary/aromatic N) is 2. The van der Waals surface area contributed by atoms with Gasteiger partial charge in [-0.05, 0) is 59.4 Å². The summed E-state index contributed by atoms with van der Waals surface area (Å²) in [4.78, 5) is 14.5. The van der Waals surface area contributed by atoms with Gasteiger partial charge in [0.25, 0.3) is 5.69 Å². The number of amides is 1. The lowest BCUT2D eigenvalue weighted by atomic mass is 9.82. The highest BCUT2D eigenvalue weighted by atomic mass is 16.5. The van der Waals surface area contributed by atoms with Gasteiger partial charge in [-0.2, -0.15) is 4.73 Å². The number of aliphatic hydroxyl groups is 1. The van der Waals surface area contributed by atoms with Crippen LogP contribution < -0.4 is 4.73 Å². The number of pyridine rings is 1. The molecule has 1 aromatic rings. The van der Waals surface area contributed by atoms with E-state index in [1.165, 1.54) is 0 Å². The number of hydrogen-bond acceptors (Lipinski definition) is 3. The first-order valence-electron chi connectivity index (χ1n) is 8.56. The number of rotatable bonds is 4. The Kier molecular flexibility index (Phi) is 5.30. The second kappa shape index (κ2) is 6.87. The predicted octanol–water partition coefficient (Wildman–Crippen LogP) is 2.73. The summed E-state index contributed by atoms with van der Waals surface area (Å²) in [6.45, 7) is 7.74. The van der Waals surface area contributed by atoms with E-state index in [4.69, 9.17) is 0 Å². The SMILES string of the molecule is CC(C)N(C(=O)c1cccc(C2(O)CCCCC2)[n+]1[O-])C(C)C. The quantitative estimate of drug-likeness (QED) is 0.685. The summed E-state index contributed by atoms with van der Waals surface area (Å²) in [7, 11) is 0. The van der Waals surface area contributed by atoms with Gasteiger partial charge in [0.05, 0.1) is 0 Å². The Morgan fingerprint density at radius 3 is 2.26 bits per heavy atom. The van der Waals surface area contributed by atoms with Crippen LogP contribution in [0.15, 0.2) is 18.2 Å². The highest BCUT2D eigenvalue weighted by Crippen LogP contribution is 2.35. The van der Waals surface area contributed by atoms with E-state index in [1.54, 1.807) is 23.1 Å². The molecule has 1 saturated carbocycles. The molecule has 23 heavy (non-hydrogen) atoms. The standard InChI is InChI=1S/C18H28N2O3/c1-13(2)19(14(3)4)17(21)15-9-8-10-16(20(15)23)18(22)11-6-5-7-12-18/h8-10,13-14,22H,5-7,11-12H2,1-4H3. The van der Waals surface area contributed by atoms with Crippen molar-refractivity contribution >= 4 is 5.91 Å². The molecule has 1 aliphatic carbocycles. The maximum Gasteiger partial charge on any atom is 0.320 e. The van der Waals surface area contributed by atoms with Crippen molar-refractivity contribution in [3.8, 4) is 0 Å². The fraction of sp³-hybridized carbons (Fsp3) is 0.667. The second-order valence-corrected chi connectivity index (χ2v) is 7.08. The van der Waals surface area contributed by atoms with Crippen molar-refractivity contribution in [1.82, 2.24) is 4.90 Å². The average molecular weight is 320 g/mol. The molecule has 0 aromatic carbocycles. The topological polar surface area (TPSA) is 67.5 Å². The van der Waals surface area contributed by atoms with Gasteiger partial charge in [-0.3, -0.25) is 4.79 Å². The first-order chi connectivity index (χ1) is 10.8. The van der Waals surface area contributed by atoms with Gasteiger partial charge in [-0.25, -0.2) is 0 Å². The molecule has 1 heterocycles. The molecule has 0 spiro atoms. The molecule has 0 bridgehead atoms. The Balaban J connectivity index is 2.41. The first-order valence-corrected chi connectivity index (χ1v) is 8.56. The number of aromatic nitrogens is 1. The smallest absolute Gasteiger partial charge is 0.320 e. The van der Waals surface area contributed by atoms with Gasteiger partial charge < -0.3 is 15.2 Å². The third-order valence-corrected chi connectivity index (χ3v) is 4.67. The van der Waals surface area contributed by atoms with E-state index in [1.807, 2.05) is 27.7 Å². The van der Waals surface area contributed by atoms with Crippen LogP contribution in [0.2, 0.25) is 0 Å². The largest absolute Gasteiger partial charge is 0.618 e. The van der Waals surface area contributed by atoms with E-state index in [0.717, 1.165) is 19.3 Å². The third-order valence-electron chi connectivity index (χ3n) is 4.67. The summed E-state index contributed by atoms with van der Waals surface area (Å²) in [5.74, 6) is -0.286. The molecule has 5 nitrogen and oxygen atoms in total. The van der Waals surface area contributed by atoms with E-state index in [2.05, 4.69) is 0 Å². The van der Waals surface area contributed by atoms with E-state index in [9.17, 15) is 15.1 Å². The molecule has 0 unspecified atom stereocenters. The van der Waals surface area contributed by atoms with Gasteiger partial charge in [0, 0.05) is 24.2 Å². The van der Waals surface area contributed by atoms with Crippen molar-refractivity contribution in [2.75, 3.05) is 0 Å². The maximum atomic E-state index is 12.8. The van der Waals surface area contributed by atoms with Gasteiger partial charge in [0.15, 0.2) is 0 Å². The molecule has 1 amide bonds. The predicted molar refractivity (Wildman–Crippen MR) is 88.8 cm³/mol. The van der Waals surface area contributed by atoms with Crippen LogP contribution in [0, 0.1) is 5.21 Å². The first kappa shape index (κ1) is 17.7. The Morgan fingerprint density at radius 1 is 1.17 bits per heavy atom.